The number of halogens is 1. The maximum absolute atomic E-state index is 6.12. The molecule has 2 N–H and O–H groups in total. The summed E-state index contributed by atoms with van der Waals surface area (Å²) in [4.78, 5) is 4.02. The fraction of sp³-hybridized carbons (Fsp3) is 0.312. The van der Waals surface area contributed by atoms with Crippen LogP contribution >= 0.6 is 15.9 Å². The molecule has 1 aromatic carbocycles. The van der Waals surface area contributed by atoms with E-state index in [1.165, 1.54) is 5.56 Å². The molecule has 106 valence electrons. The molecule has 0 radical (unpaired) electrons. The number of hydrogen-bond donors (Lipinski definition) is 1. The molecule has 20 heavy (non-hydrogen) atoms. The minimum atomic E-state index is -0.156. The largest absolute Gasteiger partial charge is 0.484 e. The van der Waals surface area contributed by atoms with Crippen LogP contribution < -0.4 is 10.5 Å². The van der Waals surface area contributed by atoms with E-state index in [2.05, 4.69) is 40.8 Å². The molecule has 0 aliphatic heterocycles. The van der Waals surface area contributed by atoms with Crippen molar-refractivity contribution in [1.29, 1.82) is 0 Å². The monoisotopic (exact) mass is 334 g/mol. The highest BCUT2D eigenvalue weighted by Crippen LogP contribution is 2.32. The molecule has 0 spiro atoms. The normalized spacial score (nSPS) is 12.4. The number of hydrogen-bond acceptors (Lipinski definition) is 3. The summed E-state index contributed by atoms with van der Waals surface area (Å²) < 4.78 is 7.18. The Morgan fingerprint density at radius 2 is 1.90 bits per heavy atom. The van der Waals surface area contributed by atoms with Crippen molar-refractivity contribution in [2.75, 3.05) is 6.54 Å². The van der Waals surface area contributed by atoms with Crippen molar-refractivity contribution >= 4 is 15.9 Å². The van der Waals surface area contributed by atoms with Crippen molar-refractivity contribution in [3.8, 4) is 5.75 Å². The molecule has 2 rings (SSSR count). The quantitative estimate of drug-likeness (QED) is 0.897. The van der Waals surface area contributed by atoms with E-state index in [1.807, 2.05) is 24.3 Å². The van der Waals surface area contributed by atoms with Crippen LogP contribution in [0.25, 0.3) is 0 Å². The first-order chi connectivity index (χ1) is 9.61. The van der Waals surface area contributed by atoms with E-state index in [1.54, 1.807) is 12.4 Å². The third kappa shape index (κ3) is 3.58. The average molecular weight is 335 g/mol. The lowest BCUT2D eigenvalue weighted by Crippen LogP contribution is -2.19. The van der Waals surface area contributed by atoms with E-state index in [9.17, 15) is 0 Å². The number of aromatic nitrogens is 1. The van der Waals surface area contributed by atoms with E-state index in [4.69, 9.17) is 10.5 Å². The van der Waals surface area contributed by atoms with Gasteiger partial charge in [0.1, 0.15) is 11.9 Å². The van der Waals surface area contributed by atoms with Gasteiger partial charge >= 0.3 is 0 Å². The third-order valence-corrected chi connectivity index (χ3v) is 3.65. The highest BCUT2D eigenvalue weighted by Gasteiger charge is 2.15. The van der Waals surface area contributed by atoms with Gasteiger partial charge in [-0.1, -0.05) is 29.8 Å². The van der Waals surface area contributed by atoms with Crippen LogP contribution in [0.15, 0.2) is 47.2 Å². The van der Waals surface area contributed by atoms with Gasteiger partial charge in [-0.15, -0.1) is 0 Å². The van der Waals surface area contributed by atoms with Crippen LogP contribution in [0.5, 0.6) is 5.75 Å². The lowest BCUT2D eigenvalue weighted by molar-refractivity contribution is 0.211. The summed E-state index contributed by atoms with van der Waals surface area (Å²) in [5.41, 5.74) is 8.07. The Kier molecular flexibility index (Phi) is 5.15. The van der Waals surface area contributed by atoms with Crippen molar-refractivity contribution in [1.82, 2.24) is 4.98 Å². The Balaban J connectivity index is 2.28. The van der Waals surface area contributed by atoms with E-state index >= 15 is 0 Å². The molecule has 3 nitrogen and oxygen atoms in total. The lowest BCUT2D eigenvalue weighted by Gasteiger charge is -2.21. The maximum Gasteiger partial charge on any atom is 0.136 e. The van der Waals surface area contributed by atoms with Gasteiger partial charge in [0.25, 0.3) is 0 Å². The predicted molar refractivity (Wildman–Crippen MR) is 84.9 cm³/mol. The molecule has 0 fully saturated rings. The Bertz CT molecular complexity index is 558. The predicted octanol–water partition coefficient (Wildman–Crippen LogP) is 4.05. The molecule has 0 aliphatic rings. The Labute approximate surface area is 128 Å². The van der Waals surface area contributed by atoms with Crippen molar-refractivity contribution in [3.05, 3.63) is 58.3 Å². The molecule has 1 unspecified atom stereocenters. The van der Waals surface area contributed by atoms with E-state index in [-0.39, 0.29) is 6.10 Å². The lowest BCUT2D eigenvalue weighted by atomic mass is 10.0. The summed E-state index contributed by atoms with van der Waals surface area (Å²) in [5, 5.41) is 0. The molecular formula is C16H19BrN2O. The second-order valence-corrected chi connectivity index (χ2v) is 5.88. The van der Waals surface area contributed by atoms with Crippen molar-refractivity contribution < 1.29 is 4.74 Å². The summed E-state index contributed by atoms with van der Waals surface area (Å²) in [5.74, 6) is 1.27. The zero-order valence-electron chi connectivity index (χ0n) is 11.7. The number of rotatable bonds is 5. The van der Waals surface area contributed by atoms with E-state index < -0.39 is 0 Å². The minimum Gasteiger partial charge on any atom is -0.484 e. The van der Waals surface area contributed by atoms with Crippen LogP contribution in [0, 0.1) is 0 Å². The highest BCUT2D eigenvalue weighted by molar-refractivity contribution is 9.10. The summed E-state index contributed by atoms with van der Waals surface area (Å²) in [7, 11) is 0. The molecule has 1 heterocycles. The summed E-state index contributed by atoms with van der Waals surface area (Å²) in [6, 6.07) is 9.95. The zero-order valence-corrected chi connectivity index (χ0v) is 13.3. The van der Waals surface area contributed by atoms with Gasteiger partial charge in [0, 0.05) is 23.4 Å². The van der Waals surface area contributed by atoms with Crippen molar-refractivity contribution in [2.45, 2.75) is 25.9 Å². The zero-order chi connectivity index (χ0) is 14.5. The maximum atomic E-state index is 6.12. The molecule has 1 atom stereocenters. The van der Waals surface area contributed by atoms with Gasteiger partial charge in [-0.3, -0.25) is 4.98 Å². The number of nitrogens with two attached hydrogens (primary N) is 1. The standard InChI is InChI=1S/C16H19BrN2O/c1-11(2)14-9-13(17)3-4-15(14)20-16(10-18)12-5-7-19-8-6-12/h3-9,11,16H,10,18H2,1-2H3. The van der Waals surface area contributed by atoms with Gasteiger partial charge in [0.15, 0.2) is 0 Å². The fourth-order valence-corrected chi connectivity index (χ4v) is 2.44. The van der Waals surface area contributed by atoms with Gasteiger partial charge in [0.2, 0.25) is 0 Å². The number of ether oxygens (including phenoxy) is 1. The second-order valence-electron chi connectivity index (χ2n) is 4.96. The fourth-order valence-electron chi connectivity index (χ4n) is 2.06. The first kappa shape index (κ1) is 15.0. The number of pyridine rings is 1. The Morgan fingerprint density at radius 1 is 1.20 bits per heavy atom. The smallest absolute Gasteiger partial charge is 0.136 e. The van der Waals surface area contributed by atoms with Crippen LogP contribution in [0.4, 0.5) is 0 Å². The first-order valence-corrected chi connectivity index (χ1v) is 7.47. The van der Waals surface area contributed by atoms with Crippen LogP contribution in [0.1, 0.15) is 37.0 Å². The molecule has 1 aromatic heterocycles. The number of benzene rings is 1. The van der Waals surface area contributed by atoms with E-state index in [0.717, 1.165) is 15.8 Å². The second kappa shape index (κ2) is 6.86. The van der Waals surface area contributed by atoms with Crippen LogP contribution in [0.3, 0.4) is 0 Å². The Morgan fingerprint density at radius 3 is 2.50 bits per heavy atom. The minimum absolute atomic E-state index is 0.156. The SMILES string of the molecule is CC(C)c1cc(Br)ccc1OC(CN)c1ccncc1. The molecule has 0 bridgehead atoms. The summed E-state index contributed by atoms with van der Waals surface area (Å²) in [6.07, 6.45) is 3.36. The van der Waals surface area contributed by atoms with Gasteiger partial charge in [-0.2, -0.15) is 0 Å². The van der Waals surface area contributed by atoms with Gasteiger partial charge in [-0.05, 0) is 47.4 Å². The van der Waals surface area contributed by atoms with Crippen LogP contribution in [-0.2, 0) is 0 Å². The average Bonchev–Trinajstić information content (AvgIpc) is 2.46. The molecule has 0 aliphatic carbocycles. The number of nitrogens with zero attached hydrogens (tertiary/aromatic N) is 1. The van der Waals surface area contributed by atoms with E-state index in [0.29, 0.717) is 12.5 Å². The Hall–Kier alpha value is -1.39. The molecule has 0 saturated carbocycles. The first-order valence-electron chi connectivity index (χ1n) is 6.68. The van der Waals surface area contributed by atoms with Gasteiger partial charge < -0.3 is 10.5 Å². The molecular weight excluding hydrogens is 316 g/mol. The molecule has 2 aromatic rings. The van der Waals surface area contributed by atoms with Crippen LogP contribution in [0.2, 0.25) is 0 Å². The summed E-state index contributed by atoms with van der Waals surface area (Å²) >= 11 is 3.50. The third-order valence-electron chi connectivity index (χ3n) is 3.16. The van der Waals surface area contributed by atoms with Crippen molar-refractivity contribution in [2.24, 2.45) is 5.73 Å². The summed E-state index contributed by atoms with van der Waals surface area (Å²) in [6.45, 7) is 4.73. The molecule has 0 saturated heterocycles. The van der Waals surface area contributed by atoms with Gasteiger partial charge in [-0.25, -0.2) is 0 Å². The van der Waals surface area contributed by atoms with Crippen molar-refractivity contribution in [3.63, 3.8) is 0 Å². The highest BCUT2D eigenvalue weighted by atomic mass is 79.9. The molecule has 0 amide bonds. The topological polar surface area (TPSA) is 48.1 Å². The molecule has 4 heteroatoms. The van der Waals surface area contributed by atoms with Gasteiger partial charge in [0.05, 0.1) is 0 Å². The van der Waals surface area contributed by atoms with Crippen LogP contribution in [-0.4, -0.2) is 11.5 Å².